The van der Waals surface area contributed by atoms with Crippen LogP contribution in [0, 0.1) is 0 Å². The van der Waals surface area contributed by atoms with Gasteiger partial charge in [-0.25, -0.2) is 18.4 Å². The first-order valence-corrected chi connectivity index (χ1v) is 9.04. The van der Waals surface area contributed by atoms with Crippen molar-refractivity contribution in [3.05, 3.63) is 36.9 Å². The number of nitrogens with zero attached hydrogens (tertiary/aromatic N) is 5. The lowest BCUT2D eigenvalue weighted by Gasteiger charge is -2.37. The monoisotopic (exact) mass is 335 g/mol. The lowest BCUT2D eigenvalue weighted by atomic mass is 10.1. The lowest BCUT2D eigenvalue weighted by Crippen LogP contribution is -2.48. The number of aromatic nitrogens is 3. The van der Waals surface area contributed by atoms with Crippen molar-refractivity contribution in [1.29, 1.82) is 0 Å². The molecule has 2 aromatic heterocycles. The molecule has 0 amide bonds. The second-order valence-electron chi connectivity index (χ2n) is 5.83. The van der Waals surface area contributed by atoms with E-state index in [1.165, 1.54) is 16.8 Å². The SMILES string of the molecule is CN([C@H]1CCCN(c2ccccn2)C1)S(=O)(=O)c1cn(C)cn1. The molecule has 0 saturated carbocycles. The van der Waals surface area contributed by atoms with Gasteiger partial charge in [0.2, 0.25) is 0 Å². The Labute approximate surface area is 136 Å². The lowest BCUT2D eigenvalue weighted by molar-refractivity contribution is 0.319. The Bertz CT molecular complexity index is 759. The number of piperidine rings is 1. The van der Waals surface area contributed by atoms with E-state index in [2.05, 4.69) is 14.9 Å². The van der Waals surface area contributed by atoms with Gasteiger partial charge in [-0.05, 0) is 25.0 Å². The van der Waals surface area contributed by atoms with E-state index in [1.807, 2.05) is 18.2 Å². The largest absolute Gasteiger partial charge is 0.355 e. The van der Waals surface area contributed by atoms with Crippen molar-refractivity contribution in [3.8, 4) is 0 Å². The fourth-order valence-corrected chi connectivity index (χ4v) is 4.21. The highest BCUT2D eigenvalue weighted by atomic mass is 32.2. The van der Waals surface area contributed by atoms with Crippen LogP contribution in [0.25, 0.3) is 0 Å². The van der Waals surface area contributed by atoms with Gasteiger partial charge in [0, 0.05) is 45.6 Å². The van der Waals surface area contributed by atoms with Crippen molar-refractivity contribution < 1.29 is 8.42 Å². The van der Waals surface area contributed by atoms with Gasteiger partial charge in [-0.3, -0.25) is 0 Å². The molecule has 8 heteroatoms. The van der Waals surface area contributed by atoms with Crippen molar-refractivity contribution in [3.63, 3.8) is 0 Å². The number of anilines is 1. The van der Waals surface area contributed by atoms with Crippen molar-refractivity contribution in [1.82, 2.24) is 18.8 Å². The molecule has 0 unspecified atom stereocenters. The van der Waals surface area contributed by atoms with Gasteiger partial charge in [0.15, 0.2) is 5.03 Å². The fourth-order valence-electron chi connectivity index (χ4n) is 2.87. The molecule has 7 nitrogen and oxygen atoms in total. The summed E-state index contributed by atoms with van der Waals surface area (Å²) in [7, 11) is -0.174. The Balaban J connectivity index is 1.78. The molecule has 2 aromatic rings. The van der Waals surface area contributed by atoms with E-state index in [-0.39, 0.29) is 11.1 Å². The predicted octanol–water partition coefficient (Wildman–Crippen LogP) is 1.10. The van der Waals surface area contributed by atoms with Gasteiger partial charge in [-0.1, -0.05) is 6.07 Å². The molecule has 0 aliphatic carbocycles. The first-order valence-electron chi connectivity index (χ1n) is 7.60. The third kappa shape index (κ3) is 3.23. The molecular weight excluding hydrogens is 314 g/mol. The molecule has 0 bridgehead atoms. The van der Waals surface area contributed by atoms with Gasteiger partial charge in [-0.15, -0.1) is 0 Å². The highest BCUT2D eigenvalue weighted by Gasteiger charge is 2.33. The second kappa shape index (κ2) is 6.29. The minimum Gasteiger partial charge on any atom is -0.355 e. The maximum Gasteiger partial charge on any atom is 0.262 e. The molecule has 0 radical (unpaired) electrons. The van der Waals surface area contributed by atoms with Crippen LogP contribution in [-0.4, -0.2) is 53.4 Å². The first-order chi connectivity index (χ1) is 11.0. The molecule has 1 atom stereocenters. The summed E-state index contributed by atoms with van der Waals surface area (Å²) in [5.74, 6) is 0.890. The maximum atomic E-state index is 12.7. The predicted molar refractivity (Wildman–Crippen MR) is 87.6 cm³/mol. The first kappa shape index (κ1) is 15.9. The summed E-state index contributed by atoms with van der Waals surface area (Å²) in [6.07, 6.45) is 6.56. The zero-order valence-electron chi connectivity index (χ0n) is 13.3. The van der Waals surface area contributed by atoms with Gasteiger partial charge >= 0.3 is 0 Å². The molecule has 0 spiro atoms. The summed E-state index contributed by atoms with van der Waals surface area (Å²) >= 11 is 0. The van der Waals surface area contributed by atoms with Crippen LogP contribution in [0.4, 0.5) is 5.82 Å². The third-order valence-corrected chi connectivity index (χ3v) is 6.00. The third-order valence-electron chi connectivity index (χ3n) is 4.21. The van der Waals surface area contributed by atoms with Crippen molar-refractivity contribution in [2.45, 2.75) is 23.9 Å². The number of pyridine rings is 1. The van der Waals surface area contributed by atoms with Crippen LogP contribution in [0.2, 0.25) is 0 Å². The smallest absolute Gasteiger partial charge is 0.262 e. The van der Waals surface area contributed by atoms with Crippen molar-refractivity contribution in [2.24, 2.45) is 7.05 Å². The van der Waals surface area contributed by atoms with Gasteiger partial charge < -0.3 is 9.47 Å². The molecule has 124 valence electrons. The molecule has 3 heterocycles. The van der Waals surface area contributed by atoms with Crippen LogP contribution in [0.15, 0.2) is 41.9 Å². The number of aryl methyl sites for hydroxylation is 1. The summed E-state index contributed by atoms with van der Waals surface area (Å²) in [5, 5.41) is 0.0949. The molecule has 23 heavy (non-hydrogen) atoms. The number of likely N-dealkylation sites (N-methyl/N-ethyl adjacent to an activating group) is 1. The number of imidazole rings is 1. The zero-order chi connectivity index (χ0) is 16.4. The summed E-state index contributed by atoms with van der Waals surface area (Å²) in [6, 6.07) is 5.69. The summed E-state index contributed by atoms with van der Waals surface area (Å²) in [5.41, 5.74) is 0. The Morgan fingerprint density at radius 3 is 2.78 bits per heavy atom. The van der Waals surface area contributed by atoms with E-state index in [0.717, 1.165) is 25.2 Å². The standard InChI is InChI=1S/C15H21N5O2S/c1-18-11-15(17-12-18)23(21,22)19(2)13-6-5-9-20(10-13)14-7-3-4-8-16-14/h3-4,7-8,11-13H,5-6,9-10H2,1-2H3/t13-/m0/s1. The Morgan fingerprint density at radius 1 is 1.30 bits per heavy atom. The van der Waals surface area contributed by atoms with Crippen molar-refractivity contribution >= 4 is 15.8 Å². The molecule has 0 aromatic carbocycles. The quantitative estimate of drug-likeness (QED) is 0.837. The number of sulfonamides is 1. The van der Waals surface area contributed by atoms with Gasteiger partial charge in [0.1, 0.15) is 5.82 Å². The number of rotatable bonds is 4. The minimum atomic E-state index is -3.57. The van der Waals surface area contributed by atoms with E-state index in [4.69, 9.17) is 0 Å². The second-order valence-corrected chi connectivity index (χ2v) is 7.77. The molecule has 1 aliphatic rings. The van der Waals surface area contributed by atoms with E-state index < -0.39 is 10.0 Å². The van der Waals surface area contributed by atoms with Crippen LogP contribution in [0.3, 0.4) is 0 Å². The molecule has 1 aliphatic heterocycles. The zero-order valence-corrected chi connectivity index (χ0v) is 14.1. The van der Waals surface area contributed by atoms with Crippen LogP contribution < -0.4 is 4.90 Å². The van der Waals surface area contributed by atoms with Crippen LogP contribution in [0.5, 0.6) is 0 Å². The van der Waals surface area contributed by atoms with Crippen molar-refractivity contribution in [2.75, 3.05) is 25.0 Å². The van der Waals surface area contributed by atoms with E-state index >= 15 is 0 Å². The van der Waals surface area contributed by atoms with E-state index in [0.29, 0.717) is 6.54 Å². The summed E-state index contributed by atoms with van der Waals surface area (Å²) in [4.78, 5) is 10.5. The fraction of sp³-hybridized carbons (Fsp3) is 0.467. The Morgan fingerprint density at radius 2 is 2.13 bits per heavy atom. The highest BCUT2D eigenvalue weighted by Crippen LogP contribution is 2.23. The van der Waals surface area contributed by atoms with Crippen LogP contribution >= 0.6 is 0 Å². The van der Waals surface area contributed by atoms with Crippen LogP contribution in [0.1, 0.15) is 12.8 Å². The normalized spacial score (nSPS) is 19.3. The van der Waals surface area contributed by atoms with Crippen LogP contribution in [-0.2, 0) is 17.1 Å². The molecular formula is C15H21N5O2S. The topological polar surface area (TPSA) is 71.3 Å². The average Bonchev–Trinajstić information content (AvgIpc) is 3.02. The van der Waals surface area contributed by atoms with E-state index in [1.54, 1.807) is 24.9 Å². The van der Waals surface area contributed by atoms with E-state index in [9.17, 15) is 8.42 Å². The average molecular weight is 335 g/mol. The Hall–Kier alpha value is -1.93. The minimum absolute atomic E-state index is 0.0854. The van der Waals surface area contributed by atoms with Gasteiger partial charge in [0.05, 0.1) is 6.33 Å². The van der Waals surface area contributed by atoms with Gasteiger partial charge in [0.25, 0.3) is 10.0 Å². The Kier molecular flexibility index (Phi) is 4.36. The molecule has 1 saturated heterocycles. The highest BCUT2D eigenvalue weighted by molar-refractivity contribution is 7.89. The molecule has 1 fully saturated rings. The summed E-state index contributed by atoms with van der Waals surface area (Å²) < 4.78 is 28.5. The number of hydrogen-bond acceptors (Lipinski definition) is 5. The number of hydrogen-bond donors (Lipinski definition) is 0. The molecule has 3 rings (SSSR count). The van der Waals surface area contributed by atoms with Gasteiger partial charge in [-0.2, -0.15) is 4.31 Å². The molecule has 0 N–H and O–H groups in total. The summed E-state index contributed by atoms with van der Waals surface area (Å²) in [6.45, 7) is 1.53. The maximum absolute atomic E-state index is 12.7.